The second kappa shape index (κ2) is 10.5. The number of nitrogens with zero attached hydrogens (tertiary/aromatic N) is 4. The molecule has 0 spiro atoms. The van der Waals surface area contributed by atoms with E-state index in [9.17, 15) is 0 Å². The van der Waals surface area contributed by atoms with Crippen LogP contribution in [-0.2, 0) is 17.8 Å². The number of likely N-dealkylation sites (N-methyl/N-ethyl adjacent to an activating group) is 1. The van der Waals surface area contributed by atoms with Crippen LogP contribution in [0.2, 0.25) is 5.02 Å². The van der Waals surface area contributed by atoms with E-state index in [1.54, 1.807) is 18.3 Å². The SMILES string of the molecule is CN(C)CCn1c(NCc2ccc(Oc3ccc(Cl)cn3)cc2)nc2ccc(NC3COC3)cc21. The summed E-state index contributed by atoms with van der Waals surface area (Å²) in [5.74, 6) is 2.09. The van der Waals surface area contributed by atoms with E-state index in [1.807, 2.05) is 24.3 Å². The van der Waals surface area contributed by atoms with Crippen LogP contribution in [-0.4, -0.2) is 59.3 Å². The predicted molar refractivity (Wildman–Crippen MR) is 140 cm³/mol. The molecule has 1 fully saturated rings. The number of imidazole rings is 1. The van der Waals surface area contributed by atoms with Gasteiger partial charge in [-0.05, 0) is 56.1 Å². The Labute approximate surface area is 209 Å². The van der Waals surface area contributed by atoms with Crippen LogP contribution in [0.4, 0.5) is 11.6 Å². The van der Waals surface area contributed by atoms with Crippen molar-refractivity contribution in [2.45, 2.75) is 19.1 Å². The first-order valence-corrected chi connectivity index (χ1v) is 12.0. The fourth-order valence-corrected chi connectivity index (χ4v) is 3.94. The van der Waals surface area contributed by atoms with Gasteiger partial charge in [-0.15, -0.1) is 0 Å². The molecule has 0 saturated carbocycles. The van der Waals surface area contributed by atoms with Gasteiger partial charge in [0.2, 0.25) is 11.8 Å². The first kappa shape index (κ1) is 23.4. The fourth-order valence-electron chi connectivity index (χ4n) is 3.83. The minimum Gasteiger partial charge on any atom is -0.439 e. The molecule has 0 radical (unpaired) electrons. The maximum atomic E-state index is 5.89. The molecule has 35 heavy (non-hydrogen) atoms. The van der Waals surface area contributed by atoms with Gasteiger partial charge in [-0.2, -0.15) is 0 Å². The number of hydrogen-bond donors (Lipinski definition) is 2. The predicted octanol–water partition coefficient (Wildman–Crippen LogP) is 4.86. The summed E-state index contributed by atoms with van der Waals surface area (Å²) in [6.07, 6.45) is 1.57. The van der Waals surface area contributed by atoms with Crippen LogP contribution in [0.25, 0.3) is 11.0 Å². The Morgan fingerprint density at radius 1 is 1.11 bits per heavy atom. The molecular formula is C26H29ClN6O2. The van der Waals surface area contributed by atoms with Crippen LogP contribution in [0.1, 0.15) is 5.56 Å². The number of aromatic nitrogens is 3. The molecule has 4 aromatic rings. The van der Waals surface area contributed by atoms with Gasteiger partial charge in [0.15, 0.2) is 0 Å². The number of benzene rings is 2. The Balaban J connectivity index is 1.29. The number of ether oxygens (including phenoxy) is 2. The summed E-state index contributed by atoms with van der Waals surface area (Å²) in [4.78, 5) is 11.2. The molecule has 0 bridgehead atoms. The highest BCUT2D eigenvalue weighted by molar-refractivity contribution is 6.30. The van der Waals surface area contributed by atoms with Crippen molar-refractivity contribution in [3.8, 4) is 11.6 Å². The summed E-state index contributed by atoms with van der Waals surface area (Å²) in [6, 6.07) is 18.2. The summed E-state index contributed by atoms with van der Waals surface area (Å²) >= 11 is 5.89. The minimum atomic E-state index is 0.380. The standard InChI is InChI=1S/C26H29ClN6O2/c1-32(2)11-12-33-24-13-20(30-21-16-34-17-21)6-9-23(24)31-26(33)29-14-18-3-7-22(8-4-18)35-25-10-5-19(27)15-28-25/h3-10,13,15,21,30H,11-12,14,16-17H2,1-2H3,(H,29,31). The number of rotatable bonds is 10. The van der Waals surface area contributed by atoms with Crippen LogP contribution in [0.5, 0.6) is 11.6 Å². The summed E-state index contributed by atoms with van der Waals surface area (Å²) in [6.45, 7) is 3.91. The summed E-state index contributed by atoms with van der Waals surface area (Å²) in [7, 11) is 4.16. The van der Waals surface area contributed by atoms with Gasteiger partial charge < -0.3 is 29.6 Å². The normalized spacial score (nSPS) is 13.7. The number of hydrogen-bond acceptors (Lipinski definition) is 7. The van der Waals surface area contributed by atoms with Gasteiger partial charge in [0.25, 0.3) is 0 Å². The zero-order valence-electron chi connectivity index (χ0n) is 19.9. The van der Waals surface area contributed by atoms with Gasteiger partial charge in [-0.1, -0.05) is 23.7 Å². The van der Waals surface area contributed by atoms with E-state index < -0.39 is 0 Å². The highest BCUT2D eigenvalue weighted by Crippen LogP contribution is 2.26. The van der Waals surface area contributed by atoms with Crippen LogP contribution in [0.3, 0.4) is 0 Å². The number of nitrogens with one attached hydrogen (secondary N) is 2. The Kier molecular flexibility index (Phi) is 7.03. The topological polar surface area (TPSA) is 76.5 Å². The molecule has 0 amide bonds. The first-order valence-electron chi connectivity index (χ1n) is 11.6. The summed E-state index contributed by atoms with van der Waals surface area (Å²) < 4.78 is 13.3. The second-order valence-electron chi connectivity index (χ2n) is 8.89. The van der Waals surface area contributed by atoms with Gasteiger partial charge in [0, 0.05) is 37.6 Å². The molecule has 1 saturated heterocycles. The van der Waals surface area contributed by atoms with Crippen LogP contribution >= 0.6 is 11.6 Å². The molecule has 0 aliphatic carbocycles. The van der Waals surface area contributed by atoms with E-state index in [-0.39, 0.29) is 0 Å². The highest BCUT2D eigenvalue weighted by Gasteiger charge is 2.18. The molecule has 5 rings (SSSR count). The summed E-state index contributed by atoms with van der Waals surface area (Å²) in [5.41, 5.74) is 4.30. The molecule has 2 N–H and O–H groups in total. The average molecular weight is 493 g/mol. The quantitative estimate of drug-likeness (QED) is 0.327. The number of anilines is 2. The Morgan fingerprint density at radius 3 is 2.63 bits per heavy atom. The van der Waals surface area contributed by atoms with Gasteiger partial charge in [-0.25, -0.2) is 9.97 Å². The molecule has 2 aromatic heterocycles. The van der Waals surface area contributed by atoms with Gasteiger partial charge in [0.05, 0.1) is 35.3 Å². The maximum Gasteiger partial charge on any atom is 0.219 e. The van der Waals surface area contributed by atoms with Crippen molar-refractivity contribution in [1.82, 2.24) is 19.4 Å². The maximum absolute atomic E-state index is 5.89. The fraction of sp³-hybridized carbons (Fsp3) is 0.308. The van der Waals surface area contributed by atoms with Crippen molar-refractivity contribution >= 4 is 34.3 Å². The van der Waals surface area contributed by atoms with Crippen LogP contribution in [0.15, 0.2) is 60.8 Å². The molecule has 1 aliphatic rings. The van der Waals surface area contributed by atoms with Crippen molar-refractivity contribution in [2.75, 3.05) is 44.5 Å². The van der Waals surface area contributed by atoms with E-state index in [0.29, 0.717) is 23.5 Å². The summed E-state index contributed by atoms with van der Waals surface area (Å²) in [5, 5.41) is 7.64. The lowest BCUT2D eigenvalue weighted by atomic mass is 10.2. The van der Waals surface area contributed by atoms with E-state index >= 15 is 0 Å². The molecule has 0 atom stereocenters. The number of fused-ring (bicyclic) bond motifs is 1. The van der Waals surface area contributed by atoms with Crippen LogP contribution in [0, 0.1) is 0 Å². The lowest BCUT2D eigenvalue weighted by molar-refractivity contribution is 0.0211. The molecule has 2 aromatic carbocycles. The third-order valence-electron chi connectivity index (χ3n) is 5.82. The monoisotopic (exact) mass is 492 g/mol. The van der Waals surface area contributed by atoms with Crippen LogP contribution < -0.4 is 15.4 Å². The lowest BCUT2D eigenvalue weighted by Gasteiger charge is -2.27. The molecule has 8 nitrogen and oxygen atoms in total. The third-order valence-corrected chi connectivity index (χ3v) is 6.05. The van der Waals surface area contributed by atoms with Crippen molar-refractivity contribution in [3.05, 3.63) is 71.4 Å². The molecular weight excluding hydrogens is 464 g/mol. The molecule has 9 heteroatoms. The van der Waals surface area contributed by atoms with Crippen molar-refractivity contribution in [3.63, 3.8) is 0 Å². The first-order chi connectivity index (χ1) is 17.0. The van der Waals surface area contributed by atoms with Crippen molar-refractivity contribution in [1.29, 1.82) is 0 Å². The van der Waals surface area contributed by atoms with Gasteiger partial charge in [0.1, 0.15) is 5.75 Å². The van der Waals surface area contributed by atoms with Gasteiger partial charge in [-0.3, -0.25) is 0 Å². The zero-order valence-corrected chi connectivity index (χ0v) is 20.6. The third kappa shape index (κ3) is 5.85. The molecule has 182 valence electrons. The molecule has 0 unspecified atom stereocenters. The molecule has 3 heterocycles. The smallest absolute Gasteiger partial charge is 0.219 e. The average Bonchev–Trinajstić information content (AvgIpc) is 3.18. The highest BCUT2D eigenvalue weighted by atomic mass is 35.5. The second-order valence-corrected chi connectivity index (χ2v) is 9.32. The van der Waals surface area contributed by atoms with E-state index in [2.05, 4.69) is 57.4 Å². The van der Waals surface area contributed by atoms with E-state index in [4.69, 9.17) is 26.1 Å². The number of pyridine rings is 1. The molecule has 1 aliphatic heterocycles. The minimum absolute atomic E-state index is 0.380. The van der Waals surface area contributed by atoms with E-state index in [1.165, 1.54) is 0 Å². The zero-order chi connectivity index (χ0) is 24.2. The lowest BCUT2D eigenvalue weighted by Crippen LogP contribution is -2.40. The van der Waals surface area contributed by atoms with Gasteiger partial charge >= 0.3 is 0 Å². The Bertz CT molecular complexity index is 1270. The van der Waals surface area contributed by atoms with Crippen molar-refractivity contribution < 1.29 is 9.47 Å². The van der Waals surface area contributed by atoms with E-state index in [0.717, 1.165) is 60.3 Å². The number of halogens is 1. The van der Waals surface area contributed by atoms with Crippen molar-refractivity contribution in [2.24, 2.45) is 0 Å². The largest absolute Gasteiger partial charge is 0.439 e. The Morgan fingerprint density at radius 2 is 1.94 bits per heavy atom. The Hall–Kier alpha value is -3.33.